The maximum Gasteiger partial charge on any atom is 0.573 e. The predicted octanol–water partition coefficient (Wildman–Crippen LogP) is 5.77. The van der Waals surface area contributed by atoms with Gasteiger partial charge in [-0.2, -0.15) is 0 Å². The third-order valence-corrected chi connectivity index (χ3v) is 5.38. The molecule has 36 heavy (non-hydrogen) atoms. The van der Waals surface area contributed by atoms with Gasteiger partial charge in [-0.15, -0.1) is 13.2 Å². The standard InChI is InChI=1S/C25H20BrF3N2O5/c1-34-21-13-16(17(26)14-22(21)35-2)12-19(31-23(32)15-8-4-3-5-9-15)24(33)30-18-10-6-7-11-20(18)36-25(27,28)29/h3-14H,1-2H3,(H,30,33)(H,31,32). The number of amides is 2. The van der Waals surface area contributed by atoms with Crippen LogP contribution in [-0.2, 0) is 4.79 Å². The first-order valence-electron chi connectivity index (χ1n) is 10.3. The van der Waals surface area contributed by atoms with Gasteiger partial charge in [-0.05, 0) is 48.0 Å². The second-order valence-corrected chi connectivity index (χ2v) is 7.96. The molecular formula is C25H20BrF3N2O5. The minimum absolute atomic E-state index is 0.244. The van der Waals surface area contributed by atoms with E-state index in [1.165, 1.54) is 38.5 Å². The number of ether oxygens (including phenoxy) is 3. The van der Waals surface area contributed by atoms with Crippen molar-refractivity contribution in [2.45, 2.75) is 6.36 Å². The smallest absolute Gasteiger partial charge is 0.493 e. The molecular weight excluding hydrogens is 545 g/mol. The number of anilines is 1. The molecule has 0 heterocycles. The fourth-order valence-electron chi connectivity index (χ4n) is 3.05. The minimum atomic E-state index is -4.97. The van der Waals surface area contributed by atoms with Gasteiger partial charge < -0.3 is 24.8 Å². The van der Waals surface area contributed by atoms with Crippen LogP contribution in [0, 0.1) is 0 Å². The second-order valence-electron chi connectivity index (χ2n) is 7.10. The first-order valence-corrected chi connectivity index (χ1v) is 11.1. The number of alkyl halides is 3. The lowest BCUT2D eigenvalue weighted by Crippen LogP contribution is -2.31. The topological polar surface area (TPSA) is 85.9 Å². The van der Waals surface area contributed by atoms with Crippen LogP contribution in [0.5, 0.6) is 17.2 Å². The molecule has 0 fully saturated rings. The fourth-order valence-corrected chi connectivity index (χ4v) is 3.49. The van der Waals surface area contributed by atoms with Gasteiger partial charge in [-0.1, -0.05) is 46.3 Å². The molecule has 3 aromatic carbocycles. The number of methoxy groups -OCH3 is 2. The molecule has 3 aromatic rings. The van der Waals surface area contributed by atoms with Crippen molar-refractivity contribution in [2.75, 3.05) is 19.5 Å². The summed E-state index contributed by atoms with van der Waals surface area (Å²) < 4.78 is 53.5. The largest absolute Gasteiger partial charge is 0.573 e. The highest BCUT2D eigenvalue weighted by Crippen LogP contribution is 2.35. The summed E-state index contributed by atoms with van der Waals surface area (Å²) in [5.41, 5.74) is 0.194. The Bertz CT molecular complexity index is 1280. The van der Waals surface area contributed by atoms with Crippen LogP contribution in [0.25, 0.3) is 6.08 Å². The monoisotopic (exact) mass is 564 g/mol. The van der Waals surface area contributed by atoms with Crippen LogP contribution in [0.3, 0.4) is 0 Å². The Morgan fingerprint density at radius 1 is 0.889 bits per heavy atom. The molecule has 2 amide bonds. The fraction of sp³-hybridized carbons (Fsp3) is 0.120. The van der Waals surface area contributed by atoms with Crippen molar-refractivity contribution in [3.63, 3.8) is 0 Å². The quantitative estimate of drug-likeness (QED) is 0.339. The summed E-state index contributed by atoms with van der Waals surface area (Å²) in [5, 5.41) is 4.88. The zero-order valence-corrected chi connectivity index (χ0v) is 20.6. The highest BCUT2D eigenvalue weighted by atomic mass is 79.9. The third-order valence-electron chi connectivity index (χ3n) is 4.69. The van der Waals surface area contributed by atoms with Crippen molar-refractivity contribution >= 4 is 39.5 Å². The summed E-state index contributed by atoms with van der Waals surface area (Å²) in [6.07, 6.45) is -3.62. The summed E-state index contributed by atoms with van der Waals surface area (Å²) in [4.78, 5) is 26.0. The Labute approximate surface area is 213 Å². The lowest BCUT2D eigenvalue weighted by atomic mass is 10.1. The number of halogens is 4. The second kappa shape index (κ2) is 11.6. The molecule has 0 saturated carbocycles. The molecule has 0 atom stereocenters. The third kappa shape index (κ3) is 7.01. The predicted molar refractivity (Wildman–Crippen MR) is 131 cm³/mol. The van der Waals surface area contributed by atoms with E-state index in [-0.39, 0.29) is 16.9 Å². The molecule has 0 bridgehead atoms. The van der Waals surface area contributed by atoms with E-state index >= 15 is 0 Å². The summed E-state index contributed by atoms with van der Waals surface area (Å²) >= 11 is 3.38. The van der Waals surface area contributed by atoms with Gasteiger partial charge in [0.2, 0.25) is 0 Å². The van der Waals surface area contributed by atoms with E-state index in [0.29, 0.717) is 21.5 Å². The van der Waals surface area contributed by atoms with Crippen molar-refractivity contribution < 1.29 is 37.0 Å². The number of carbonyl (C=O) groups is 2. The molecule has 2 N–H and O–H groups in total. The highest BCUT2D eigenvalue weighted by Gasteiger charge is 2.32. The van der Waals surface area contributed by atoms with Crippen LogP contribution in [0.15, 0.2) is 76.9 Å². The minimum Gasteiger partial charge on any atom is -0.493 e. The van der Waals surface area contributed by atoms with E-state index < -0.39 is 23.9 Å². The van der Waals surface area contributed by atoms with Gasteiger partial charge in [-0.3, -0.25) is 9.59 Å². The van der Waals surface area contributed by atoms with Crippen molar-refractivity contribution in [1.82, 2.24) is 5.32 Å². The molecule has 188 valence electrons. The molecule has 0 radical (unpaired) electrons. The van der Waals surface area contributed by atoms with Crippen molar-refractivity contribution in [3.8, 4) is 17.2 Å². The van der Waals surface area contributed by atoms with Crippen LogP contribution in [0.1, 0.15) is 15.9 Å². The van der Waals surface area contributed by atoms with Crippen LogP contribution >= 0.6 is 15.9 Å². The number of para-hydroxylation sites is 2. The zero-order chi connectivity index (χ0) is 26.3. The van der Waals surface area contributed by atoms with Gasteiger partial charge in [0, 0.05) is 10.0 Å². The molecule has 11 heteroatoms. The molecule has 7 nitrogen and oxygen atoms in total. The SMILES string of the molecule is COc1cc(Br)c(C=C(NC(=O)c2ccccc2)C(=O)Nc2ccccc2OC(F)(F)F)cc1OC. The average Bonchev–Trinajstić information content (AvgIpc) is 2.85. The summed E-state index contributed by atoms with van der Waals surface area (Å²) in [6, 6.07) is 16.3. The molecule has 0 aromatic heterocycles. The number of hydrogen-bond acceptors (Lipinski definition) is 5. The number of benzene rings is 3. The van der Waals surface area contributed by atoms with Gasteiger partial charge >= 0.3 is 6.36 Å². The number of hydrogen-bond donors (Lipinski definition) is 2. The van der Waals surface area contributed by atoms with Gasteiger partial charge in [0.1, 0.15) is 5.70 Å². The Balaban J connectivity index is 2.01. The van der Waals surface area contributed by atoms with E-state index in [4.69, 9.17) is 9.47 Å². The lowest BCUT2D eigenvalue weighted by molar-refractivity contribution is -0.274. The Morgan fingerprint density at radius 2 is 1.50 bits per heavy atom. The van der Waals surface area contributed by atoms with Crippen LogP contribution in [0.2, 0.25) is 0 Å². The first kappa shape index (κ1) is 26.6. The number of nitrogens with one attached hydrogen (secondary N) is 2. The molecule has 0 aliphatic rings. The molecule has 0 aliphatic carbocycles. The maximum atomic E-state index is 13.2. The van der Waals surface area contributed by atoms with E-state index in [0.717, 1.165) is 6.07 Å². The van der Waals surface area contributed by atoms with Crippen molar-refractivity contribution in [2.24, 2.45) is 0 Å². The molecule has 0 saturated heterocycles. The Hall–Kier alpha value is -3.99. The van der Waals surface area contributed by atoms with E-state index in [2.05, 4.69) is 31.3 Å². The summed E-state index contributed by atoms with van der Waals surface area (Å²) in [6.45, 7) is 0. The van der Waals surface area contributed by atoms with Gasteiger partial charge in [-0.25, -0.2) is 0 Å². The number of carbonyl (C=O) groups excluding carboxylic acids is 2. The maximum absolute atomic E-state index is 13.2. The van der Waals surface area contributed by atoms with E-state index in [1.54, 1.807) is 42.5 Å². The van der Waals surface area contributed by atoms with E-state index in [1.807, 2.05) is 0 Å². The van der Waals surface area contributed by atoms with Crippen LogP contribution in [0.4, 0.5) is 18.9 Å². The first-order chi connectivity index (χ1) is 17.1. The Kier molecular flexibility index (Phi) is 8.59. The normalized spacial score (nSPS) is 11.4. The molecule has 3 rings (SSSR count). The summed E-state index contributed by atoms with van der Waals surface area (Å²) in [7, 11) is 2.89. The lowest BCUT2D eigenvalue weighted by Gasteiger charge is -2.16. The van der Waals surface area contributed by atoms with Crippen LogP contribution in [-0.4, -0.2) is 32.4 Å². The van der Waals surface area contributed by atoms with Crippen LogP contribution < -0.4 is 24.8 Å². The van der Waals surface area contributed by atoms with E-state index in [9.17, 15) is 22.8 Å². The molecule has 0 unspecified atom stereocenters. The van der Waals surface area contributed by atoms with Crippen molar-refractivity contribution in [3.05, 3.63) is 88.0 Å². The zero-order valence-electron chi connectivity index (χ0n) is 19.0. The van der Waals surface area contributed by atoms with Gasteiger partial charge in [0.05, 0.1) is 19.9 Å². The molecule has 0 aliphatic heterocycles. The number of rotatable bonds is 8. The van der Waals surface area contributed by atoms with Gasteiger partial charge in [0.25, 0.3) is 11.8 Å². The highest BCUT2D eigenvalue weighted by molar-refractivity contribution is 9.10. The Morgan fingerprint density at radius 3 is 2.14 bits per heavy atom. The summed E-state index contributed by atoms with van der Waals surface area (Å²) in [5.74, 6) is -1.34. The van der Waals surface area contributed by atoms with Gasteiger partial charge in [0.15, 0.2) is 17.2 Å². The molecule has 0 spiro atoms. The average molecular weight is 565 g/mol. The van der Waals surface area contributed by atoms with Crippen molar-refractivity contribution in [1.29, 1.82) is 0 Å².